The molecule has 0 aliphatic carbocycles. The highest BCUT2D eigenvalue weighted by Gasteiger charge is 2.53. The Morgan fingerprint density at radius 2 is 1.69 bits per heavy atom. The van der Waals surface area contributed by atoms with Crippen LogP contribution in [0.2, 0.25) is 0 Å². The molecule has 3 aliphatic heterocycles. The summed E-state index contributed by atoms with van der Waals surface area (Å²) in [6.07, 6.45) is -9.01. The van der Waals surface area contributed by atoms with Gasteiger partial charge in [-0.1, -0.05) is 32.9 Å². The standard InChI is InChI=1S/C48H82N4O15/c1-14-36-48(10,59)41(55)31(6)51(20-16-19-49-37(53)23-33-17-15-18-34(22-33)52(60)61)26-27(2)24-46(8,58)43(67-45-39(54)35(50(11)12)21-28(3)63-45)29(4)40(30(5)44(57)65-36)66-38-25-47(9,62-13)42(56)32(7)64-38/h15,17-18,22,27-32,35-36,38-43,45,54-56,58-59H,14,16,19-21,23-26H2,1-13H3,(H,49,53)/t27-,28-,29+,30-,31-,32+,35+,36-,38+,39-,40+,41-,42+,43-,45+,46-,47-,48-/m1/s1. The molecule has 0 aromatic heterocycles. The van der Waals surface area contributed by atoms with Crippen LogP contribution in [0.4, 0.5) is 5.69 Å². The van der Waals surface area contributed by atoms with E-state index in [2.05, 4.69) is 5.32 Å². The minimum absolute atomic E-state index is 0.0566. The normalized spacial score (nSPS) is 40.9. The first-order chi connectivity index (χ1) is 31.2. The molecule has 0 unspecified atom stereocenters. The average molecular weight is 955 g/mol. The molecule has 1 aromatic rings. The Labute approximate surface area is 396 Å². The zero-order valence-electron chi connectivity index (χ0n) is 42.0. The number of nitrogens with zero attached hydrogens (tertiary/aromatic N) is 3. The van der Waals surface area contributed by atoms with E-state index in [1.54, 1.807) is 54.5 Å². The second-order valence-electron chi connectivity index (χ2n) is 20.5. The minimum atomic E-state index is -1.96. The summed E-state index contributed by atoms with van der Waals surface area (Å²) in [5, 5.41) is 73.9. The van der Waals surface area contributed by atoms with Gasteiger partial charge in [-0.25, -0.2) is 0 Å². The Kier molecular flexibility index (Phi) is 20.1. The minimum Gasteiger partial charge on any atom is -0.459 e. The van der Waals surface area contributed by atoms with Crippen molar-refractivity contribution in [3.05, 3.63) is 39.9 Å². The zero-order valence-corrected chi connectivity index (χ0v) is 42.0. The van der Waals surface area contributed by atoms with Gasteiger partial charge in [-0.15, -0.1) is 0 Å². The first-order valence-electron chi connectivity index (χ1n) is 23.9. The number of cyclic esters (lactones) is 1. The number of aliphatic hydroxyl groups excluding tert-OH is 3. The number of nitrogens with one attached hydrogen (secondary N) is 1. The molecule has 3 aliphatic rings. The van der Waals surface area contributed by atoms with Gasteiger partial charge >= 0.3 is 5.97 Å². The SMILES string of the molecule is CC[C@H]1OC(=O)[C@H](C)[C@@H](O[C@H]2C[C@@](C)(OC)[C@@H](O)[C@H](C)O2)[C@H](C)[C@@H](O[C@@H]2O[C@H](C)C[C@H](N(C)C)[C@H]2O)[C@](C)(O)C[C@@H](C)CN(CCCNC(=O)Cc2cccc([N+](=O)[O-])c2)[C@H](C)[C@@H](O)[C@]1(C)O. The number of non-ortho nitro benzene ring substituents is 1. The second kappa shape index (κ2) is 23.8. The Bertz CT molecular complexity index is 1770. The molecule has 3 saturated heterocycles. The number of carbonyl (C=O) groups is 2. The number of ether oxygens (including phenoxy) is 6. The molecule has 384 valence electrons. The van der Waals surface area contributed by atoms with E-state index in [0.29, 0.717) is 31.5 Å². The van der Waals surface area contributed by atoms with Crippen LogP contribution >= 0.6 is 0 Å². The number of nitro groups is 1. The van der Waals surface area contributed by atoms with Crippen molar-refractivity contribution in [3.8, 4) is 0 Å². The highest BCUT2D eigenvalue weighted by molar-refractivity contribution is 5.78. The number of methoxy groups -OCH3 is 1. The summed E-state index contributed by atoms with van der Waals surface area (Å²) >= 11 is 0. The highest BCUT2D eigenvalue weighted by atomic mass is 16.7. The number of nitro benzene ring substituents is 1. The van der Waals surface area contributed by atoms with Gasteiger partial charge < -0.3 is 64.2 Å². The van der Waals surface area contributed by atoms with Crippen molar-refractivity contribution in [1.29, 1.82) is 0 Å². The number of aliphatic hydroxyl groups is 5. The number of hydrogen-bond acceptors (Lipinski definition) is 17. The van der Waals surface area contributed by atoms with Crippen molar-refractivity contribution in [2.75, 3.05) is 40.8 Å². The molecule has 3 fully saturated rings. The largest absolute Gasteiger partial charge is 0.459 e. The molecule has 0 saturated carbocycles. The maximum Gasteiger partial charge on any atom is 0.311 e. The van der Waals surface area contributed by atoms with Crippen molar-refractivity contribution in [3.63, 3.8) is 0 Å². The van der Waals surface area contributed by atoms with Crippen LogP contribution in [-0.4, -0.2) is 183 Å². The summed E-state index contributed by atoms with van der Waals surface area (Å²) in [6.45, 7) is 18.1. The van der Waals surface area contributed by atoms with Crippen LogP contribution in [0.3, 0.4) is 0 Å². The summed E-state index contributed by atoms with van der Waals surface area (Å²) in [7, 11) is 5.21. The predicted octanol–water partition coefficient (Wildman–Crippen LogP) is 2.93. The lowest BCUT2D eigenvalue weighted by atomic mass is 9.77. The molecule has 19 heteroatoms. The Morgan fingerprint density at radius 3 is 2.30 bits per heavy atom. The van der Waals surface area contributed by atoms with Crippen molar-refractivity contribution >= 4 is 17.6 Å². The lowest BCUT2D eigenvalue weighted by Crippen LogP contribution is -2.60. The lowest BCUT2D eigenvalue weighted by Gasteiger charge is -2.48. The van der Waals surface area contributed by atoms with Crippen LogP contribution in [0.5, 0.6) is 0 Å². The van der Waals surface area contributed by atoms with E-state index in [0.717, 1.165) is 0 Å². The number of carbonyl (C=O) groups excluding carboxylic acids is 2. The van der Waals surface area contributed by atoms with Crippen molar-refractivity contribution < 1.29 is 68.5 Å². The molecule has 67 heavy (non-hydrogen) atoms. The summed E-state index contributed by atoms with van der Waals surface area (Å²) in [4.78, 5) is 42.1. The monoisotopic (exact) mass is 955 g/mol. The molecule has 6 N–H and O–H groups in total. The summed E-state index contributed by atoms with van der Waals surface area (Å²) in [5.41, 5.74) is -4.34. The maximum atomic E-state index is 14.5. The van der Waals surface area contributed by atoms with Crippen LogP contribution < -0.4 is 5.32 Å². The molecule has 18 atom stereocenters. The molecular formula is C48H82N4O15. The number of hydrogen-bond donors (Lipinski definition) is 6. The van der Waals surface area contributed by atoms with Crippen molar-refractivity contribution in [2.45, 2.75) is 198 Å². The molecule has 19 nitrogen and oxygen atoms in total. The van der Waals surface area contributed by atoms with Gasteiger partial charge in [0, 0.05) is 63.3 Å². The molecule has 0 spiro atoms. The van der Waals surface area contributed by atoms with Gasteiger partial charge in [-0.2, -0.15) is 0 Å². The number of esters is 1. The molecule has 0 radical (unpaired) electrons. The topological polar surface area (TPSA) is 252 Å². The summed E-state index contributed by atoms with van der Waals surface area (Å²) < 4.78 is 37.9. The molecule has 4 rings (SSSR count). The number of benzene rings is 1. The fourth-order valence-corrected chi connectivity index (χ4v) is 10.4. The van der Waals surface area contributed by atoms with Gasteiger partial charge in [0.1, 0.15) is 30.0 Å². The Morgan fingerprint density at radius 1 is 1.01 bits per heavy atom. The fourth-order valence-electron chi connectivity index (χ4n) is 10.4. The summed E-state index contributed by atoms with van der Waals surface area (Å²) in [6, 6.07) is 4.83. The number of amides is 1. The van der Waals surface area contributed by atoms with Crippen LogP contribution in [0.1, 0.15) is 107 Å². The molecule has 1 aromatic carbocycles. The van der Waals surface area contributed by atoms with E-state index < -0.39 is 101 Å². The van der Waals surface area contributed by atoms with Crippen molar-refractivity contribution in [2.24, 2.45) is 17.8 Å². The Hall–Kier alpha value is -2.92. The summed E-state index contributed by atoms with van der Waals surface area (Å²) in [5.74, 6) is -3.32. The molecule has 3 heterocycles. The quantitative estimate of drug-likeness (QED) is 0.0679. The average Bonchev–Trinajstić information content (AvgIpc) is 3.25. The third-order valence-electron chi connectivity index (χ3n) is 14.5. The van der Waals surface area contributed by atoms with Crippen LogP contribution in [0.15, 0.2) is 24.3 Å². The fraction of sp³-hybridized carbons (Fsp3) is 0.833. The van der Waals surface area contributed by atoms with E-state index in [1.807, 2.05) is 37.7 Å². The van der Waals surface area contributed by atoms with Gasteiger partial charge in [-0.3, -0.25) is 24.6 Å². The lowest BCUT2D eigenvalue weighted by molar-refractivity contribution is -0.384. The van der Waals surface area contributed by atoms with Gasteiger partial charge in [0.05, 0.1) is 52.9 Å². The third-order valence-corrected chi connectivity index (χ3v) is 14.5. The van der Waals surface area contributed by atoms with E-state index in [9.17, 15) is 45.2 Å². The third kappa shape index (κ3) is 14.1. The molecule has 1 amide bonds. The van der Waals surface area contributed by atoms with E-state index in [1.165, 1.54) is 32.2 Å². The van der Waals surface area contributed by atoms with Gasteiger partial charge in [0.25, 0.3) is 5.69 Å². The van der Waals surface area contributed by atoms with Crippen molar-refractivity contribution in [1.82, 2.24) is 15.1 Å². The van der Waals surface area contributed by atoms with E-state index >= 15 is 0 Å². The second-order valence-corrected chi connectivity index (χ2v) is 20.5. The zero-order chi connectivity index (χ0) is 50.3. The molecular weight excluding hydrogens is 873 g/mol. The van der Waals surface area contributed by atoms with Gasteiger partial charge in [-0.05, 0) is 99.7 Å². The maximum absolute atomic E-state index is 14.5. The first kappa shape index (κ1) is 56.7. The van der Waals surface area contributed by atoms with E-state index in [-0.39, 0.29) is 61.9 Å². The molecule has 0 bridgehead atoms. The van der Waals surface area contributed by atoms with Crippen LogP contribution in [0.25, 0.3) is 0 Å². The smallest absolute Gasteiger partial charge is 0.311 e. The first-order valence-corrected chi connectivity index (χ1v) is 23.9. The van der Waals surface area contributed by atoms with Crippen LogP contribution in [-0.2, 0) is 44.4 Å². The van der Waals surface area contributed by atoms with Crippen LogP contribution in [0, 0.1) is 27.9 Å². The van der Waals surface area contributed by atoms with Gasteiger partial charge in [0.15, 0.2) is 12.6 Å². The van der Waals surface area contributed by atoms with Gasteiger partial charge in [0.2, 0.25) is 5.91 Å². The van der Waals surface area contributed by atoms with E-state index in [4.69, 9.17) is 28.4 Å². The highest BCUT2D eigenvalue weighted by Crippen LogP contribution is 2.40. The predicted molar refractivity (Wildman–Crippen MR) is 248 cm³/mol. The number of rotatable bonds is 14. The Balaban J connectivity index is 1.73. The number of likely N-dealkylation sites (N-methyl/N-ethyl adjacent to an activating group) is 1.